The first kappa shape index (κ1) is 10.4. The number of phenols is 1. The van der Waals surface area contributed by atoms with Gasteiger partial charge in [-0.15, -0.1) is 0 Å². The van der Waals surface area contributed by atoms with E-state index >= 15 is 0 Å². The van der Waals surface area contributed by atoms with Gasteiger partial charge in [0.1, 0.15) is 11.4 Å². The van der Waals surface area contributed by atoms with E-state index in [9.17, 15) is 18.0 Å². The Labute approximate surface area is 77.2 Å². The van der Waals surface area contributed by atoms with Gasteiger partial charge < -0.3 is 10.4 Å². The standard InChI is InChI=1S/C8H6F3NO2/c1-3(13)12-8-5(14)2-4(9)6(10)7(8)11/h2,14H,1H3,(H,12,13). The van der Waals surface area contributed by atoms with E-state index in [1.54, 1.807) is 0 Å². The number of benzene rings is 1. The number of nitrogens with one attached hydrogen (secondary N) is 1. The number of halogens is 3. The lowest BCUT2D eigenvalue weighted by molar-refractivity contribution is -0.114. The minimum atomic E-state index is -1.74. The number of anilines is 1. The smallest absolute Gasteiger partial charge is 0.221 e. The average molecular weight is 205 g/mol. The van der Waals surface area contributed by atoms with Crippen LogP contribution in [0.25, 0.3) is 0 Å². The topological polar surface area (TPSA) is 49.3 Å². The largest absolute Gasteiger partial charge is 0.506 e. The summed E-state index contributed by atoms with van der Waals surface area (Å²) in [7, 11) is 0. The summed E-state index contributed by atoms with van der Waals surface area (Å²) >= 11 is 0. The fourth-order valence-electron chi connectivity index (χ4n) is 0.878. The molecule has 0 saturated heterocycles. The van der Waals surface area contributed by atoms with E-state index in [1.807, 2.05) is 5.32 Å². The molecule has 1 aromatic rings. The molecule has 0 aliphatic rings. The number of aromatic hydroxyl groups is 1. The molecule has 1 amide bonds. The van der Waals surface area contributed by atoms with Crippen LogP contribution in [0.4, 0.5) is 18.9 Å². The van der Waals surface area contributed by atoms with Crippen molar-refractivity contribution in [3.8, 4) is 5.75 Å². The molecule has 14 heavy (non-hydrogen) atoms. The molecular formula is C8H6F3NO2. The Morgan fingerprint density at radius 3 is 2.43 bits per heavy atom. The molecule has 0 aromatic heterocycles. The molecule has 0 saturated carbocycles. The molecule has 1 aromatic carbocycles. The Bertz CT molecular complexity index is 393. The summed E-state index contributed by atoms with van der Waals surface area (Å²) in [6.45, 7) is 1.04. The predicted octanol–water partition coefficient (Wildman–Crippen LogP) is 1.77. The molecule has 1 rings (SSSR count). The predicted molar refractivity (Wildman–Crippen MR) is 42.3 cm³/mol. The van der Waals surface area contributed by atoms with E-state index < -0.39 is 34.8 Å². The first-order chi connectivity index (χ1) is 6.43. The fraction of sp³-hybridized carbons (Fsp3) is 0.125. The molecule has 0 atom stereocenters. The van der Waals surface area contributed by atoms with Crippen molar-refractivity contribution >= 4 is 11.6 Å². The summed E-state index contributed by atoms with van der Waals surface area (Å²) in [4.78, 5) is 10.5. The third-order valence-corrected chi connectivity index (χ3v) is 1.44. The maximum Gasteiger partial charge on any atom is 0.221 e. The van der Waals surface area contributed by atoms with Crippen molar-refractivity contribution in [2.24, 2.45) is 0 Å². The zero-order valence-electron chi connectivity index (χ0n) is 7.07. The summed E-state index contributed by atoms with van der Waals surface area (Å²) < 4.78 is 38.0. The minimum absolute atomic E-state index is 0.379. The lowest BCUT2D eigenvalue weighted by atomic mass is 10.2. The molecule has 0 spiro atoms. The van der Waals surface area contributed by atoms with E-state index in [2.05, 4.69) is 0 Å². The van der Waals surface area contributed by atoms with Crippen LogP contribution in [0.2, 0.25) is 0 Å². The van der Waals surface area contributed by atoms with Crippen molar-refractivity contribution in [2.45, 2.75) is 6.92 Å². The van der Waals surface area contributed by atoms with Gasteiger partial charge in [0.05, 0.1) is 0 Å². The summed E-state index contributed by atoms with van der Waals surface area (Å²) in [6.07, 6.45) is 0. The van der Waals surface area contributed by atoms with Crippen LogP contribution >= 0.6 is 0 Å². The third-order valence-electron chi connectivity index (χ3n) is 1.44. The Balaban J connectivity index is 3.29. The number of amides is 1. The summed E-state index contributed by atoms with van der Waals surface area (Å²) in [5.74, 6) is -6.46. The molecule has 0 aliphatic carbocycles. The summed E-state index contributed by atoms with van der Waals surface area (Å²) in [6, 6.07) is 0.379. The number of hydrogen-bond acceptors (Lipinski definition) is 2. The molecule has 0 radical (unpaired) electrons. The van der Waals surface area contributed by atoms with Crippen LogP contribution in [0.3, 0.4) is 0 Å². The van der Waals surface area contributed by atoms with Crippen LogP contribution in [0, 0.1) is 17.5 Å². The van der Waals surface area contributed by atoms with Gasteiger partial charge in [-0.3, -0.25) is 4.79 Å². The van der Waals surface area contributed by atoms with Gasteiger partial charge in [-0.05, 0) is 0 Å². The molecule has 3 nitrogen and oxygen atoms in total. The number of carbonyl (C=O) groups is 1. The maximum absolute atomic E-state index is 12.9. The summed E-state index contributed by atoms with van der Waals surface area (Å²) in [5.41, 5.74) is -0.767. The van der Waals surface area contributed by atoms with Gasteiger partial charge in [0.2, 0.25) is 5.91 Å². The van der Waals surface area contributed by atoms with Gasteiger partial charge in [-0.2, -0.15) is 0 Å². The van der Waals surface area contributed by atoms with Crippen molar-refractivity contribution in [3.05, 3.63) is 23.5 Å². The average Bonchev–Trinajstić information content (AvgIpc) is 2.09. The van der Waals surface area contributed by atoms with Gasteiger partial charge in [0.25, 0.3) is 0 Å². The Hall–Kier alpha value is -1.72. The Kier molecular flexibility index (Phi) is 2.64. The van der Waals surface area contributed by atoms with Gasteiger partial charge in [-0.1, -0.05) is 0 Å². The molecule has 76 valence electrons. The van der Waals surface area contributed by atoms with Crippen LogP contribution in [0.15, 0.2) is 6.07 Å². The Morgan fingerprint density at radius 2 is 1.93 bits per heavy atom. The molecule has 6 heteroatoms. The van der Waals surface area contributed by atoms with E-state index in [4.69, 9.17) is 5.11 Å². The second-order valence-electron chi connectivity index (χ2n) is 2.56. The highest BCUT2D eigenvalue weighted by atomic mass is 19.2. The van der Waals surface area contributed by atoms with E-state index in [0.717, 1.165) is 6.92 Å². The number of hydrogen-bond donors (Lipinski definition) is 2. The second kappa shape index (κ2) is 3.57. The van der Waals surface area contributed by atoms with Gasteiger partial charge in [0, 0.05) is 13.0 Å². The maximum atomic E-state index is 12.9. The van der Waals surface area contributed by atoms with Crippen LogP contribution in [-0.2, 0) is 4.79 Å². The SMILES string of the molecule is CC(=O)Nc1c(O)cc(F)c(F)c1F. The zero-order chi connectivity index (χ0) is 10.9. The lowest BCUT2D eigenvalue weighted by Crippen LogP contribution is -2.09. The van der Waals surface area contributed by atoms with Gasteiger partial charge >= 0.3 is 0 Å². The molecule has 0 unspecified atom stereocenters. The van der Waals surface area contributed by atoms with Crippen molar-refractivity contribution in [2.75, 3.05) is 5.32 Å². The molecule has 0 fully saturated rings. The quantitative estimate of drug-likeness (QED) is 0.542. The van der Waals surface area contributed by atoms with Crippen molar-refractivity contribution < 1.29 is 23.1 Å². The normalized spacial score (nSPS) is 10.0. The van der Waals surface area contributed by atoms with E-state index in [0.29, 0.717) is 6.07 Å². The molecule has 0 heterocycles. The monoisotopic (exact) mass is 205 g/mol. The zero-order valence-corrected chi connectivity index (χ0v) is 7.07. The number of carbonyl (C=O) groups excluding carboxylic acids is 1. The van der Waals surface area contributed by atoms with Crippen LogP contribution in [-0.4, -0.2) is 11.0 Å². The molecule has 0 aliphatic heterocycles. The second-order valence-corrected chi connectivity index (χ2v) is 2.56. The fourth-order valence-corrected chi connectivity index (χ4v) is 0.878. The lowest BCUT2D eigenvalue weighted by Gasteiger charge is -2.07. The van der Waals surface area contributed by atoms with Gasteiger partial charge in [-0.25, -0.2) is 13.2 Å². The first-order valence-electron chi connectivity index (χ1n) is 3.57. The Morgan fingerprint density at radius 1 is 1.36 bits per heavy atom. The first-order valence-corrected chi connectivity index (χ1v) is 3.57. The van der Waals surface area contributed by atoms with Crippen LogP contribution in [0.1, 0.15) is 6.92 Å². The van der Waals surface area contributed by atoms with Gasteiger partial charge in [0.15, 0.2) is 17.5 Å². The highest BCUT2D eigenvalue weighted by molar-refractivity contribution is 5.90. The van der Waals surface area contributed by atoms with Crippen LogP contribution in [0.5, 0.6) is 5.75 Å². The minimum Gasteiger partial charge on any atom is -0.506 e. The summed E-state index contributed by atoms with van der Waals surface area (Å²) in [5, 5.41) is 10.8. The van der Waals surface area contributed by atoms with Crippen molar-refractivity contribution in [1.82, 2.24) is 0 Å². The van der Waals surface area contributed by atoms with E-state index in [-0.39, 0.29) is 0 Å². The van der Waals surface area contributed by atoms with Crippen molar-refractivity contribution in [1.29, 1.82) is 0 Å². The molecular weight excluding hydrogens is 199 g/mol. The molecule has 2 N–H and O–H groups in total. The number of phenolic OH excluding ortho intramolecular Hbond substituents is 1. The highest BCUT2D eigenvalue weighted by Crippen LogP contribution is 2.29. The third kappa shape index (κ3) is 1.78. The van der Waals surface area contributed by atoms with Crippen molar-refractivity contribution in [3.63, 3.8) is 0 Å². The molecule has 0 bridgehead atoms. The van der Waals surface area contributed by atoms with E-state index in [1.165, 1.54) is 0 Å². The van der Waals surface area contributed by atoms with Crippen LogP contribution < -0.4 is 5.32 Å². The number of rotatable bonds is 1. The highest BCUT2D eigenvalue weighted by Gasteiger charge is 2.18.